The number of methoxy groups -OCH3 is 1. The normalized spacial score (nSPS) is 11.4. The fourth-order valence-electron chi connectivity index (χ4n) is 3.64. The highest BCUT2D eigenvalue weighted by Crippen LogP contribution is 2.32. The summed E-state index contributed by atoms with van der Waals surface area (Å²) in [7, 11) is 1.65. The Morgan fingerprint density at radius 1 is 1.00 bits per heavy atom. The largest absolute Gasteiger partial charge is 0.495 e. The number of carbonyl (C=O) groups excluding carboxylic acids is 1. The number of ether oxygens (including phenoxy) is 1. The number of nitrogens with zero attached hydrogens (tertiary/aromatic N) is 2. The summed E-state index contributed by atoms with van der Waals surface area (Å²) in [5, 5.41) is 1.50. The van der Waals surface area contributed by atoms with Crippen LogP contribution in [0.5, 0.6) is 5.75 Å². The van der Waals surface area contributed by atoms with E-state index < -0.39 is 0 Å². The van der Waals surface area contributed by atoms with Crippen LogP contribution in [0.4, 0.5) is 0 Å². The number of benzene rings is 3. The molecular formula is C23H15ClN2O2. The molecule has 0 atom stereocenters. The minimum atomic E-state index is -0.0957. The van der Waals surface area contributed by atoms with Gasteiger partial charge in [-0.05, 0) is 48.5 Å². The first-order valence-corrected chi connectivity index (χ1v) is 9.22. The van der Waals surface area contributed by atoms with Crippen LogP contribution >= 0.6 is 11.6 Å². The van der Waals surface area contributed by atoms with Crippen molar-refractivity contribution < 1.29 is 9.53 Å². The molecule has 5 rings (SSSR count). The smallest absolute Gasteiger partial charge is 0.196 e. The quantitative estimate of drug-likeness (QED) is 0.383. The van der Waals surface area contributed by atoms with Gasteiger partial charge < -0.3 is 4.74 Å². The van der Waals surface area contributed by atoms with Crippen molar-refractivity contribution in [3.63, 3.8) is 0 Å². The Bertz CT molecular complexity index is 1370. The lowest BCUT2D eigenvalue weighted by molar-refractivity contribution is 0.104. The molecule has 0 aliphatic heterocycles. The number of rotatable bonds is 3. The van der Waals surface area contributed by atoms with Crippen LogP contribution < -0.4 is 4.74 Å². The average Bonchev–Trinajstić information content (AvgIpc) is 3.12. The predicted molar refractivity (Wildman–Crippen MR) is 112 cm³/mol. The molecule has 0 fully saturated rings. The number of hydrogen-bond donors (Lipinski definition) is 0. The maximum Gasteiger partial charge on any atom is 0.196 e. The molecule has 0 N–H and O–H groups in total. The Hall–Kier alpha value is -3.37. The third-order valence-electron chi connectivity index (χ3n) is 4.93. The Labute approximate surface area is 165 Å². The van der Waals surface area contributed by atoms with Gasteiger partial charge in [-0.1, -0.05) is 35.9 Å². The zero-order chi connectivity index (χ0) is 19.3. The van der Waals surface area contributed by atoms with Crippen molar-refractivity contribution >= 4 is 45.0 Å². The summed E-state index contributed by atoms with van der Waals surface area (Å²) in [6.45, 7) is 0. The molecule has 0 bridgehead atoms. The minimum absolute atomic E-state index is 0.0957. The second-order valence-corrected chi connectivity index (χ2v) is 6.99. The number of carbonyl (C=O) groups is 1. The first-order chi connectivity index (χ1) is 13.7. The summed E-state index contributed by atoms with van der Waals surface area (Å²) >= 11 is 5.98. The molecule has 2 aromatic heterocycles. The fraction of sp³-hybridized carbons (Fsp3) is 0.0435. The fourth-order valence-corrected chi connectivity index (χ4v) is 3.76. The van der Waals surface area contributed by atoms with E-state index in [0.717, 1.165) is 27.7 Å². The van der Waals surface area contributed by atoms with Gasteiger partial charge in [0.05, 0.1) is 29.2 Å². The van der Waals surface area contributed by atoms with E-state index in [0.29, 0.717) is 21.8 Å². The van der Waals surface area contributed by atoms with Gasteiger partial charge in [0, 0.05) is 16.0 Å². The molecule has 0 radical (unpaired) electrons. The molecule has 0 spiro atoms. The molecule has 0 unspecified atom stereocenters. The van der Waals surface area contributed by atoms with Gasteiger partial charge in [-0.15, -0.1) is 0 Å². The number of hydrogen-bond acceptors (Lipinski definition) is 3. The molecule has 0 saturated heterocycles. The maximum absolute atomic E-state index is 13.3. The summed E-state index contributed by atoms with van der Waals surface area (Å²) in [6, 6.07) is 22.5. The molecule has 0 saturated carbocycles. The SMILES string of the molecule is COc1cccc2cc(C(=O)c3ccc(Cl)cc3)c3nc4ccccc4n3c12. The van der Waals surface area contributed by atoms with Crippen LogP contribution in [0.1, 0.15) is 15.9 Å². The van der Waals surface area contributed by atoms with Crippen LogP contribution in [-0.2, 0) is 0 Å². The summed E-state index contributed by atoms with van der Waals surface area (Å²) in [5.41, 5.74) is 4.36. The lowest BCUT2D eigenvalue weighted by Crippen LogP contribution is -2.05. The van der Waals surface area contributed by atoms with E-state index in [-0.39, 0.29) is 5.78 Å². The number of para-hydroxylation sites is 3. The summed E-state index contributed by atoms with van der Waals surface area (Å²) in [4.78, 5) is 18.1. The Balaban J connectivity index is 1.92. The monoisotopic (exact) mass is 386 g/mol. The Morgan fingerprint density at radius 3 is 2.57 bits per heavy atom. The van der Waals surface area contributed by atoms with Gasteiger partial charge in [0.25, 0.3) is 0 Å². The van der Waals surface area contributed by atoms with Gasteiger partial charge in [0.15, 0.2) is 5.78 Å². The zero-order valence-corrected chi connectivity index (χ0v) is 15.8. The lowest BCUT2D eigenvalue weighted by atomic mass is 10.0. The van der Waals surface area contributed by atoms with E-state index >= 15 is 0 Å². The lowest BCUT2D eigenvalue weighted by Gasteiger charge is -2.11. The number of imidazole rings is 1. The highest BCUT2D eigenvalue weighted by Gasteiger charge is 2.20. The molecule has 0 aliphatic rings. The third kappa shape index (κ3) is 2.46. The summed E-state index contributed by atoms with van der Waals surface area (Å²) < 4.78 is 7.61. The standard InChI is InChI=1S/C23H15ClN2O2/c1-28-20-8-4-5-15-13-17(22(27)14-9-11-16(24)12-10-14)23-25-18-6-2-3-7-19(18)26(23)21(15)20/h2-13H,1H3. The van der Waals surface area contributed by atoms with Crippen molar-refractivity contribution in [2.24, 2.45) is 0 Å². The Morgan fingerprint density at radius 2 is 1.79 bits per heavy atom. The molecule has 0 aliphatic carbocycles. The van der Waals surface area contributed by atoms with Crippen LogP contribution in [0.25, 0.3) is 27.6 Å². The topological polar surface area (TPSA) is 43.6 Å². The maximum atomic E-state index is 13.3. The van der Waals surface area contributed by atoms with Gasteiger partial charge in [-0.3, -0.25) is 9.20 Å². The predicted octanol–water partition coefficient (Wildman–Crippen LogP) is 5.53. The molecule has 3 aromatic carbocycles. The molecule has 2 heterocycles. The molecule has 0 amide bonds. The minimum Gasteiger partial charge on any atom is -0.495 e. The van der Waals surface area contributed by atoms with E-state index in [4.69, 9.17) is 21.3 Å². The van der Waals surface area contributed by atoms with Crippen LogP contribution in [0, 0.1) is 0 Å². The van der Waals surface area contributed by atoms with E-state index in [9.17, 15) is 4.79 Å². The van der Waals surface area contributed by atoms with Crippen LogP contribution in [-0.4, -0.2) is 22.3 Å². The van der Waals surface area contributed by atoms with Crippen molar-refractivity contribution in [1.29, 1.82) is 0 Å². The van der Waals surface area contributed by atoms with Gasteiger partial charge in [-0.2, -0.15) is 0 Å². The van der Waals surface area contributed by atoms with Crippen molar-refractivity contribution in [3.05, 3.63) is 88.9 Å². The molecular weight excluding hydrogens is 372 g/mol. The molecule has 136 valence electrons. The van der Waals surface area contributed by atoms with Crippen molar-refractivity contribution in [1.82, 2.24) is 9.38 Å². The van der Waals surface area contributed by atoms with Gasteiger partial charge in [0.1, 0.15) is 11.4 Å². The van der Waals surface area contributed by atoms with Gasteiger partial charge >= 0.3 is 0 Å². The number of pyridine rings is 1. The van der Waals surface area contributed by atoms with E-state index in [1.807, 2.05) is 52.9 Å². The van der Waals surface area contributed by atoms with Crippen molar-refractivity contribution in [2.75, 3.05) is 7.11 Å². The highest BCUT2D eigenvalue weighted by atomic mass is 35.5. The highest BCUT2D eigenvalue weighted by molar-refractivity contribution is 6.30. The number of halogens is 1. The summed E-state index contributed by atoms with van der Waals surface area (Å²) in [5.74, 6) is 0.637. The van der Waals surface area contributed by atoms with Crippen LogP contribution in [0.15, 0.2) is 72.8 Å². The Kier molecular flexibility index (Phi) is 3.81. The molecule has 28 heavy (non-hydrogen) atoms. The molecule has 5 aromatic rings. The number of ketones is 1. The summed E-state index contributed by atoms with van der Waals surface area (Å²) in [6.07, 6.45) is 0. The van der Waals surface area contributed by atoms with Gasteiger partial charge in [-0.25, -0.2) is 4.98 Å². The number of fused-ring (bicyclic) bond motifs is 5. The zero-order valence-electron chi connectivity index (χ0n) is 15.0. The van der Waals surface area contributed by atoms with E-state index in [1.165, 1.54) is 0 Å². The van der Waals surface area contributed by atoms with Crippen LogP contribution in [0.3, 0.4) is 0 Å². The van der Waals surface area contributed by atoms with Crippen molar-refractivity contribution in [3.8, 4) is 5.75 Å². The van der Waals surface area contributed by atoms with Gasteiger partial charge in [0.2, 0.25) is 0 Å². The first kappa shape index (κ1) is 16.8. The molecule has 4 nitrogen and oxygen atoms in total. The number of aromatic nitrogens is 2. The van der Waals surface area contributed by atoms with E-state index in [2.05, 4.69) is 0 Å². The first-order valence-electron chi connectivity index (χ1n) is 8.84. The third-order valence-corrected chi connectivity index (χ3v) is 5.18. The van der Waals surface area contributed by atoms with Crippen LogP contribution in [0.2, 0.25) is 5.02 Å². The average molecular weight is 387 g/mol. The second-order valence-electron chi connectivity index (χ2n) is 6.55. The molecule has 5 heteroatoms. The van der Waals surface area contributed by atoms with E-state index in [1.54, 1.807) is 31.4 Å². The van der Waals surface area contributed by atoms with Crippen molar-refractivity contribution in [2.45, 2.75) is 0 Å². The second kappa shape index (κ2) is 6.36.